The lowest BCUT2D eigenvalue weighted by atomic mass is 9.85. The number of benzene rings is 2. The zero-order chi connectivity index (χ0) is 21.9. The van der Waals surface area contributed by atoms with Crippen molar-refractivity contribution in [3.63, 3.8) is 0 Å². The zero-order valence-electron chi connectivity index (χ0n) is 17.6. The first kappa shape index (κ1) is 19.4. The number of rotatable bonds is 3. The van der Waals surface area contributed by atoms with Gasteiger partial charge in [-0.3, -0.25) is 4.79 Å². The number of hydrogen-bond acceptors (Lipinski definition) is 4. The molecular weight excluding hydrogens is 394 g/mol. The van der Waals surface area contributed by atoms with E-state index in [1.54, 1.807) is 36.1 Å². The summed E-state index contributed by atoms with van der Waals surface area (Å²) < 4.78 is 5.00. The molecule has 1 fully saturated rings. The number of nitrogens with zero attached hydrogens (tertiary/aromatic N) is 2. The highest BCUT2D eigenvalue weighted by atomic mass is 16.5. The predicted molar refractivity (Wildman–Crippen MR) is 116 cm³/mol. The highest BCUT2D eigenvalue weighted by Crippen LogP contribution is 2.45. The van der Waals surface area contributed by atoms with Crippen LogP contribution in [-0.4, -0.2) is 40.4 Å². The van der Waals surface area contributed by atoms with Gasteiger partial charge in [0.05, 0.1) is 23.4 Å². The number of anilines is 1. The number of imide groups is 1. The zero-order valence-corrected chi connectivity index (χ0v) is 17.6. The van der Waals surface area contributed by atoms with E-state index in [4.69, 9.17) is 4.74 Å². The second kappa shape index (κ2) is 6.70. The number of amides is 3. The van der Waals surface area contributed by atoms with Gasteiger partial charge in [-0.25, -0.2) is 14.5 Å². The molecule has 31 heavy (non-hydrogen) atoms. The van der Waals surface area contributed by atoms with Crippen LogP contribution in [0.2, 0.25) is 0 Å². The molecule has 1 aromatic heterocycles. The number of nitrogens with one attached hydrogen (secondary N) is 1. The Morgan fingerprint density at radius 1 is 1.13 bits per heavy atom. The fourth-order valence-corrected chi connectivity index (χ4v) is 4.85. The first-order valence-corrected chi connectivity index (χ1v) is 10.4. The lowest BCUT2D eigenvalue weighted by molar-refractivity contribution is -0.121. The Morgan fingerprint density at radius 2 is 1.84 bits per heavy atom. The van der Waals surface area contributed by atoms with Gasteiger partial charge in [0.2, 0.25) is 0 Å². The van der Waals surface area contributed by atoms with E-state index in [0.717, 1.165) is 22.2 Å². The summed E-state index contributed by atoms with van der Waals surface area (Å²) in [7, 11) is 0. The van der Waals surface area contributed by atoms with Crippen LogP contribution in [0, 0.1) is 0 Å². The summed E-state index contributed by atoms with van der Waals surface area (Å²) in [5, 5.41) is 1.09. The highest BCUT2D eigenvalue weighted by Gasteiger charge is 2.55. The standard InChI is InChI=1S/C24H23N3O4/c1-4-31-22(29)14-9-11-15(12-10-14)26-21(28)19-13-17-16-7-5-6-8-18(16)25-20(17)24(2,3)27(19)23(26)30/h5-12,19,25H,4,13H2,1-3H3/t19-/m0/s1. The quantitative estimate of drug-likeness (QED) is 0.516. The van der Waals surface area contributed by atoms with E-state index >= 15 is 0 Å². The molecule has 0 bridgehead atoms. The Labute approximate surface area is 179 Å². The first-order valence-electron chi connectivity index (χ1n) is 10.4. The monoisotopic (exact) mass is 417 g/mol. The normalized spacial score (nSPS) is 19.5. The van der Waals surface area contributed by atoms with E-state index in [2.05, 4.69) is 4.98 Å². The molecule has 7 heteroatoms. The summed E-state index contributed by atoms with van der Waals surface area (Å²) in [6.45, 7) is 5.95. The number of carbonyl (C=O) groups is 3. The van der Waals surface area contributed by atoms with Crippen molar-refractivity contribution in [1.82, 2.24) is 9.88 Å². The van der Waals surface area contributed by atoms with Crippen LogP contribution in [0.25, 0.3) is 10.9 Å². The number of ether oxygens (including phenoxy) is 1. The minimum absolute atomic E-state index is 0.252. The summed E-state index contributed by atoms with van der Waals surface area (Å²) in [6.07, 6.45) is 0.463. The van der Waals surface area contributed by atoms with Crippen LogP contribution in [0.5, 0.6) is 0 Å². The third-order valence-electron chi connectivity index (χ3n) is 6.28. The number of hydrogen-bond donors (Lipinski definition) is 1. The van der Waals surface area contributed by atoms with Gasteiger partial charge in [0.15, 0.2) is 0 Å². The summed E-state index contributed by atoms with van der Waals surface area (Å²) >= 11 is 0. The van der Waals surface area contributed by atoms with Gasteiger partial charge < -0.3 is 14.6 Å². The molecule has 3 aromatic rings. The molecule has 5 rings (SSSR count). The third-order valence-corrected chi connectivity index (χ3v) is 6.28. The van der Waals surface area contributed by atoms with Gasteiger partial charge in [0.25, 0.3) is 5.91 Å². The topological polar surface area (TPSA) is 82.7 Å². The van der Waals surface area contributed by atoms with Crippen LogP contribution in [0.4, 0.5) is 10.5 Å². The lowest BCUT2D eigenvalue weighted by Gasteiger charge is -2.42. The Hall–Kier alpha value is -3.61. The maximum atomic E-state index is 13.4. The van der Waals surface area contributed by atoms with Gasteiger partial charge in [0, 0.05) is 23.0 Å². The van der Waals surface area contributed by atoms with Crippen LogP contribution in [0.3, 0.4) is 0 Å². The van der Waals surface area contributed by atoms with Crippen LogP contribution in [-0.2, 0) is 21.5 Å². The Kier molecular flexibility index (Phi) is 4.18. The summed E-state index contributed by atoms with van der Waals surface area (Å²) in [5.41, 5.74) is 3.20. The molecule has 1 N–H and O–H groups in total. The molecule has 2 aliphatic heterocycles. The minimum Gasteiger partial charge on any atom is -0.462 e. The van der Waals surface area contributed by atoms with Crippen LogP contribution in [0.15, 0.2) is 48.5 Å². The highest BCUT2D eigenvalue weighted by molar-refractivity contribution is 6.22. The van der Waals surface area contributed by atoms with Gasteiger partial charge >= 0.3 is 12.0 Å². The fraction of sp³-hybridized carbons (Fsp3) is 0.292. The lowest BCUT2D eigenvalue weighted by Crippen LogP contribution is -2.52. The van der Waals surface area contributed by atoms with E-state index in [0.29, 0.717) is 17.7 Å². The van der Waals surface area contributed by atoms with E-state index in [1.807, 2.05) is 38.1 Å². The molecule has 0 radical (unpaired) electrons. The molecule has 1 saturated heterocycles. The maximum Gasteiger partial charge on any atom is 0.338 e. The number of carbonyl (C=O) groups excluding carboxylic acids is 3. The number of aromatic nitrogens is 1. The molecule has 2 aromatic carbocycles. The second-order valence-corrected chi connectivity index (χ2v) is 8.40. The predicted octanol–water partition coefficient (Wildman–Crippen LogP) is 3.97. The minimum atomic E-state index is -0.677. The van der Waals surface area contributed by atoms with Crippen molar-refractivity contribution in [3.8, 4) is 0 Å². The first-order chi connectivity index (χ1) is 14.8. The van der Waals surface area contributed by atoms with Crippen molar-refractivity contribution in [1.29, 1.82) is 0 Å². The summed E-state index contributed by atoms with van der Waals surface area (Å²) in [6, 6.07) is 13.5. The number of aromatic amines is 1. The molecule has 7 nitrogen and oxygen atoms in total. The van der Waals surface area contributed by atoms with Gasteiger partial charge in [0.1, 0.15) is 6.04 Å². The van der Waals surface area contributed by atoms with Crippen LogP contribution < -0.4 is 4.90 Å². The van der Waals surface area contributed by atoms with E-state index < -0.39 is 17.6 Å². The van der Waals surface area contributed by atoms with Gasteiger partial charge in [-0.05, 0) is 56.7 Å². The molecule has 0 unspecified atom stereocenters. The Balaban J connectivity index is 1.53. The average molecular weight is 417 g/mol. The Bertz CT molecular complexity index is 1230. The van der Waals surface area contributed by atoms with Crippen molar-refractivity contribution in [2.45, 2.75) is 38.8 Å². The fourth-order valence-electron chi connectivity index (χ4n) is 4.85. The van der Waals surface area contributed by atoms with Crippen molar-refractivity contribution in [2.75, 3.05) is 11.5 Å². The number of para-hydroxylation sites is 1. The van der Waals surface area contributed by atoms with Gasteiger partial charge in [-0.15, -0.1) is 0 Å². The van der Waals surface area contributed by atoms with E-state index in [-0.39, 0.29) is 18.5 Å². The van der Waals surface area contributed by atoms with Crippen molar-refractivity contribution >= 4 is 34.5 Å². The molecule has 2 aliphatic rings. The van der Waals surface area contributed by atoms with Crippen molar-refractivity contribution < 1.29 is 19.1 Å². The van der Waals surface area contributed by atoms with Gasteiger partial charge in [-0.2, -0.15) is 0 Å². The van der Waals surface area contributed by atoms with E-state index in [9.17, 15) is 14.4 Å². The number of fused-ring (bicyclic) bond motifs is 4. The molecule has 0 spiro atoms. The van der Waals surface area contributed by atoms with Crippen LogP contribution in [0.1, 0.15) is 42.4 Å². The maximum absolute atomic E-state index is 13.4. The van der Waals surface area contributed by atoms with Crippen molar-refractivity contribution in [3.05, 3.63) is 65.4 Å². The van der Waals surface area contributed by atoms with Crippen molar-refractivity contribution in [2.24, 2.45) is 0 Å². The third kappa shape index (κ3) is 2.69. The largest absolute Gasteiger partial charge is 0.462 e. The number of esters is 1. The van der Waals surface area contributed by atoms with Gasteiger partial charge in [-0.1, -0.05) is 18.2 Å². The smallest absolute Gasteiger partial charge is 0.338 e. The molecule has 0 saturated carbocycles. The molecule has 158 valence electrons. The molecule has 1 atom stereocenters. The SMILES string of the molecule is CCOC(=O)c1ccc(N2C(=O)[C@@H]3Cc4c([nH]c5ccccc45)C(C)(C)N3C2=O)cc1. The average Bonchev–Trinajstić information content (AvgIpc) is 3.25. The number of H-pyrrole nitrogens is 1. The van der Waals surface area contributed by atoms with E-state index in [1.165, 1.54) is 4.90 Å². The molecule has 3 heterocycles. The summed E-state index contributed by atoms with van der Waals surface area (Å²) in [4.78, 5) is 45.1. The Morgan fingerprint density at radius 3 is 2.55 bits per heavy atom. The molecular formula is C24H23N3O4. The summed E-state index contributed by atoms with van der Waals surface area (Å²) in [5.74, 6) is -0.685. The van der Waals surface area contributed by atoms with Crippen LogP contribution >= 0.6 is 0 Å². The molecule has 0 aliphatic carbocycles. The molecule has 3 amide bonds. The second-order valence-electron chi connectivity index (χ2n) is 8.40. The number of urea groups is 1.